The topological polar surface area (TPSA) is 87.5 Å². The predicted molar refractivity (Wildman–Crippen MR) is 176 cm³/mol. The number of amides is 3. The van der Waals surface area contributed by atoms with E-state index in [-0.39, 0.29) is 24.6 Å². The quantitative estimate of drug-likeness (QED) is 0.133. The van der Waals surface area contributed by atoms with Crippen LogP contribution in [0.15, 0.2) is 91.0 Å². The molecule has 4 aromatic rings. The smallest absolute Gasteiger partial charge is 0.339 e. The number of nitrogens with zero attached hydrogens (tertiary/aromatic N) is 4. The van der Waals surface area contributed by atoms with Crippen molar-refractivity contribution in [2.45, 2.75) is 38.0 Å². The number of rotatable bonds is 9. The van der Waals surface area contributed by atoms with E-state index in [2.05, 4.69) is 5.32 Å². The lowest BCUT2D eigenvalue weighted by atomic mass is 9.67. The summed E-state index contributed by atoms with van der Waals surface area (Å²) in [5.41, 5.74) is -1.49. The molecule has 0 fully saturated rings. The van der Waals surface area contributed by atoms with Crippen LogP contribution in [0.1, 0.15) is 46.6 Å². The lowest BCUT2D eigenvalue weighted by molar-refractivity contribution is -0.137. The van der Waals surface area contributed by atoms with Gasteiger partial charge in [-0.05, 0) is 73.3 Å². The van der Waals surface area contributed by atoms with Crippen LogP contribution < -0.4 is 10.2 Å². The maximum atomic E-state index is 14.6. The van der Waals surface area contributed by atoms with Gasteiger partial charge >= 0.3 is 6.18 Å². The maximum Gasteiger partial charge on any atom is 0.416 e. The molecule has 0 saturated heterocycles. The number of carbonyl (C=O) groups excluding carboxylic acids is 3. The predicted octanol–water partition coefficient (Wildman–Crippen LogP) is 6.02. The molecule has 1 N–H and O–H groups in total. The van der Waals surface area contributed by atoms with Gasteiger partial charge in [-0.2, -0.15) is 18.3 Å². The Morgan fingerprint density at radius 3 is 2.35 bits per heavy atom. The lowest BCUT2D eigenvalue weighted by Crippen LogP contribution is -2.64. The Morgan fingerprint density at radius 1 is 1.06 bits per heavy atom. The van der Waals surface area contributed by atoms with Gasteiger partial charge in [0, 0.05) is 24.7 Å². The second kappa shape index (κ2) is 13.5. The average Bonchev–Trinajstić information content (AvgIpc) is 3.44. The van der Waals surface area contributed by atoms with Crippen LogP contribution in [0.5, 0.6) is 0 Å². The van der Waals surface area contributed by atoms with Gasteiger partial charge in [0.25, 0.3) is 11.8 Å². The number of anilines is 1. The highest BCUT2D eigenvalue weighted by Gasteiger charge is 2.55. The maximum absolute atomic E-state index is 14.6. The van der Waals surface area contributed by atoms with Gasteiger partial charge in [0.2, 0.25) is 5.91 Å². The van der Waals surface area contributed by atoms with Crippen LogP contribution in [0, 0.1) is 5.82 Å². The van der Waals surface area contributed by atoms with Crippen molar-refractivity contribution < 1.29 is 31.9 Å². The fourth-order valence-electron chi connectivity index (χ4n) is 5.92. The Balaban J connectivity index is 1.80. The first-order valence-corrected chi connectivity index (χ1v) is 15.4. The van der Waals surface area contributed by atoms with Gasteiger partial charge in [0.05, 0.1) is 28.9 Å². The van der Waals surface area contributed by atoms with Crippen LogP contribution in [-0.4, -0.2) is 57.4 Å². The molecule has 1 aromatic heterocycles. The van der Waals surface area contributed by atoms with Crippen LogP contribution >= 0.6 is 12.2 Å². The molecule has 3 aromatic carbocycles. The minimum Gasteiger partial charge on any atom is -0.339 e. The standard InChI is InChI=1S/C35H31F4N5O3S/c1-4-10-28(45)42(3)20-27-29-32(44(41-27)26-13-7-6-8-14-26)43(5-2)33(47)30(34(29,21-48)23-15-17-25(36)18-16-23)40-31(46)22-11-9-12-24(19-22)35(37,38)39/h4,6-19,21,30H,5,20H2,1-3H3,(H,40,46)/b10-4+/t30-,34-/m1/s1. The van der Waals surface area contributed by atoms with E-state index in [1.165, 1.54) is 51.6 Å². The van der Waals surface area contributed by atoms with E-state index in [9.17, 15) is 31.9 Å². The molecule has 0 radical (unpaired) electrons. The first kappa shape index (κ1) is 34.2. The molecule has 5 rings (SSSR count). The lowest BCUT2D eigenvalue weighted by Gasteiger charge is -2.45. The number of hydrogen-bond acceptors (Lipinski definition) is 5. The van der Waals surface area contributed by atoms with Crippen molar-refractivity contribution in [1.82, 2.24) is 20.0 Å². The first-order valence-electron chi connectivity index (χ1n) is 14.9. The minimum atomic E-state index is -4.71. The molecule has 1 aliphatic rings. The summed E-state index contributed by atoms with van der Waals surface area (Å²) >= 11 is 5.69. The van der Waals surface area contributed by atoms with Crippen molar-refractivity contribution in [1.29, 1.82) is 0 Å². The number of halogens is 4. The minimum absolute atomic E-state index is 0.0580. The summed E-state index contributed by atoms with van der Waals surface area (Å²) in [7, 11) is 1.58. The molecule has 0 aliphatic carbocycles. The Labute approximate surface area is 279 Å². The van der Waals surface area contributed by atoms with Crippen LogP contribution in [0.3, 0.4) is 0 Å². The van der Waals surface area contributed by atoms with E-state index in [1.807, 2.05) is 6.07 Å². The Morgan fingerprint density at radius 2 is 1.75 bits per heavy atom. The summed E-state index contributed by atoms with van der Waals surface area (Å²) in [6.45, 7) is 3.47. The fraction of sp³-hybridized carbons (Fsp3) is 0.229. The van der Waals surface area contributed by atoms with Gasteiger partial charge in [-0.1, -0.05) is 54.7 Å². The highest BCUT2D eigenvalue weighted by Crippen LogP contribution is 2.47. The first-order chi connectivity index (χ1) is 22.9. The van der Waals surface area contributed by atoms with Crippen LogP contribution in [0.4, 0.5) is 23.4 Å². The van der Waals surface area contributed by atoms with E-state index in [4.69, 9.17) is 17.3 Å². The fourth-order valence-corrected chi connectivity index (χ4v) is 6.31. The summed E-state index contributed by atoms with van der Waals surface area (Å²) < 4.78 is 56.6. The molecule has 1 aliphatic heterocycles. The molecule has 2 atom stereocenters. The number of allylic oxidation sites excluding steroid dienone is 1. The number of fused-ring (bicyclic) bond motifs is 1. The number of nitrogens with one attached hydrogen (secondary N) is 1. The normalized spacial score (nSPS) is 17.7. The third-order valence-electron chi connectivity index (χ3n) is 8.20. The van der Waals surface area contributed by atoms with E-state index in [0.717, 1.165) is 12.1 Å². The summed E-state index contributed by atoms with van der Waals surface area (Å²) in [6, 6.07) is 16.5. The average molecular weight is 678 g/mol. The summed E-state index contributed by atoms with van der Waals surface area (Å²) in [4.78, 5) is 44.1. The Hall–Kier alpha value is -5.17. The van der Waals surface area contributed by atoms with Crippen molar-refractivity contribution in [2.24, 2.45) is 0 Å². The van der Waals surface area contributed by atoms with Crippen molar-refractivity contribution in [3.8, 4) is 5.69 Å². The SMILES string of the molecule is C/C=C/C(=O)N(C)Cc1nn(-c2ccccc2)c2c1[C@@](C=S)(c1ccc(F)cc1)[C@H](NC(=O)c1cccc(C(F)(F)F)c1)C(=O)N2CC. The summed E-state index contributed by atoms with van der Waals surface area (Å²) in [6.07, 6.45) is -1.74. The summed E-state index contributed by atoms with van der Waals surface area (Å²) in [5.74, 6) is -2.18. The van der Waals surface area contributed by atoms with Gasteiger partial charge < -0.3 is 10.2 Å². The van der Waals surface area contributed by atoms with Crippen LogP contribution in [0.2, 0.25) is 0 Å². The molecule has 2 heterocycles. The van der Waals surface area contributed by atoms with Crippen molar-refractivity contribution >= 4 is 41.1 Å². The zero-order chi connectivity index (χ0) is 34.8. The molecule has 0 bridgehead atoms. The molecule has 0 saturated carbocycles. The monoisotopic (exact) mass is 677 g/mol. The summed E-state index contributed by atoms with van der Waals surface area (Å²) in [5, 5.41) is 8.87. The number of para-hydroxylation sites is 1. The highest BCUT2D eigenvalue weighted by atomic mass is 32.1. The van der Waals surface area contributed by atoms with Gasteiger partial charge in [-0.3, -0.25) is 19.3 Å². The third kappa shape index (κ3) is 6.13. The molecule has 8 nitrogen and oxygen atoms in total. The zero-order valence-electron chi connectivity index (χ0n) is 26.2. The van der Waals surface area contributed by atoms with E-state index >= 15 is 0 Å². The van der Waals surface area contributed by atoms with Gasteiger partial charge in [-0.15, -0.1) is 0 Å². The zero-order valence-corrected chi connectivity index (χ0v) is 27.0. The number of benzene rings is 3. The van der Waals surface area contributed by atoms with Crippen molar-refractivity contribution in [3.63, 3.8) is 0 Å². The number of alkyl halides is 3. The second-order valence-electron chi connectivity index (χ2n) is 11.1. The third-order valence-corrected chi connectivity index (χ3v) is 8.57. The van der Waals surface area contributed by atoms with Crippen LogP contribution in [-0.2, 0) is 27.7 Å². The van der Waals surface area contributed by atoms with Gasteiger partial charge in [0.15, 0.2) is 0 Å². The number of likely N-dealkylation sites (N-methyl/N-ethyl adjacent to an activating group) is 2. The number of aromatic nitrogens is 2. The highest BCUT2D eigenvalue weighted by molar-refractivity contribution is 7.79. The van der Waals surface area contributed by atoms with E-state index in [1.54, 1.807) is 55.9 Å². The van der Waals surface area contributed by atoms with Crippen molar-refractivity contribution in [3.05, 3.63) is 125 Å². The molecule has 3 amide bonds. The van der Waals surface area contributed by atoms with Gasteiger partial charge in [-0.25, -0.2) is 9.07 Å². The molecule has 248 valence electrons. The molecule has 0 unspecified atom stereocenters. The van der Waals surface area contributed by atoms with E-state index in [0.29, 0.717) is 34.4 Å². The Bertz CT molecular complexity index is 1890. The second-order valence-corrected chi connectivity index (χ2v) is 11.4. The van der Waals surface area contributed by atoms with E-state index < -0.39 is 40.8 Å². The Kier molecular flexibility index (Phi) is 9.62. The van der Waals surface area contributed by atoms with Crippen LogP contribution in [0.25, 0.3) is 5.69 Å². The number of hydrogen-bond donors (Lipinski definition) is 1. The number of carbonyl (C=O) groups is 3. The van der Waals surface area contributed by atoms with Gasteiger partial charge in [0.1, 0.15) is 17.7 Å². The number of thiocarbonyl (C=S) groups is 1. The van der Waals surface area contributed by atoms with Crippen molar-refractivity contribution in [2.75, 3.05) is 18.5 Å². The molecular weight excluding hydrogens is 646 g/mol. The molecule has 48 heavy (non-hydrogen) atoms. The largest absolute Gasteiger partial charge is 0.416 e. The molecule has 0 spiro atoms. The molecule has 13 heteroatoms. The molecular formula is C35H31F4N5O3S.